The molecule has 35 heavy (non-hydrogen) atoms. The molecule has 0 bridgehead atoms. The maximum Gasteiger partial charge on any atom is 0.269 e. The SMILES string of the molecule is C[C@H](NC(=O)CN(c1ccc([N+](=O)[O-])cc1)S(=O)(=O)c1ccccc1)c1ccc(S(C)(=O)=O)cc1. The van der Waals surface area contributed by atoms with Gasteiger partial charge in [-0.2, -0.15) is 0 Å². The van der Waals surface area contributed by atoms with Crippen LogP contribution in [0.3, 0.4) is 0 Å². The van der Waals surface area contributed by atoms with Crippen LogP contribution in [0.15, 0.2) is 88.7 Å². The highest BCUT2D eigenvalue weighted by Gasteiger charge is 2.28. The van der Waals surface area contributed by atoms with E-state index in [1.54, 1.807) is 37.3 Å². The van der Waals surface area contributed by atoms with Gasteiger partial charge in [-0.25, -0.2) is 16.8 Å². The molecule has 10 nitrogen and oxygen atoms in total. The number of carbonyl (C=O) groups excluding carboxylic acids is 1. The number of non-ortho nitro benzene ring substituents is 1. The molecule has 0 spiro atoms. The highest BCUT2D eigenvalue weighted by Crippen LogP contribution is 2.26. The first-order valence-corrected chi connectivity index (χ1v) is 13.6. The second-order valence-electron chi connectivity index (χ2n) is 7.73. The third-order valence-corrected chi connectivity index (χ3v) is 8.07. The highest BCUT2D eigenvalue weighted by molar-refractivity contribution is 7.93. The summed E-state index contributed by atoms with van der Waals surface area (Å²) in [6.45, 7) is 1.09. The van der Waals surface area contributed by atoms with Crippen molar-refractivity contribution in [1.29, 1.82) is 0 Å². The number of rotatable bonds is 9. The summed E-state index contributed by atoms with van der Waals surface area (Å²) in [6, 6.07) is 17.8. The second kappa shape index (κ2) is 10.2. The largest absolute Gasteiger partial charge is 0.348 e. The Morgan fingerprint density at radius 2 is 1.49 bits per heavy atom. The Kier molecular flexibility index (Phi) is 7.56. The summed E-state index contributed by atoms with van der Waals surface area (Å²) in [5, 5.41) is 13.7. The molecule has 0 aliphatic carbocycles. The van der Waals surface area contributed by atoms with Gasteiger partial charge >= 0.3 is 0 Å². The second-order valence-corrected chi connectivity index (χ2v) is 11.6. The molecule has 0 aromatic heterocycles. The van der Waals surface area contributed by atoms with Gasteiger partial charge in [0.25, 0.3) is 15.7 Å². The molecule has 0 saturated carbocycles. The molecule has 12 heteroatoms. The lowest BCUT2D eigenvalue weighted by Crippen LogP contribution is -2.41. The smallest absolute Gasteiger partial charge is 0.269 e. The molecule has 1 atom stereocenters. The number of nitro benzene ring substituents is 1. The third kappa shape index (κ3) is 6.22. The van der Waals surface area contributed by atoms with E-state index < -0.39 is 43.3 Å². The van der Waals surface area contributed by atoms with Gasteiger partial charge in [-0.1, -0.05) is 30.3 Å². The minimum absolute atomic E-state index is 0.0458. The third-order valence-electron chi connectivity index (χ3n) is 5.15. The van der Waals surface area contributed by atoms with E-state index in [1.807, 2.05) is 0 Å². The molecule has 1 amide bonds. The van der Waals surface area contributed by atoms with Crippen molar-refractivity contribution in [2.24, 2.45) is 0 Å². The van der Waals surface area contributed by atoms with Gasteiger partial charge < -0.3 is 5.32 Å². The Bertz CT molecular complexity index is 1420. The van der Waals surface area contributed by atoms with Crippen LogP contribution < -0.4 is 9.62 Å². The van der Waals surface area contributed by atoms with Gasteiger partial charge in [0.05, 0.1) is 26.4 Å². The Labute approximate surface area is 203 Å². The summed E-state index contributed by atoms with van der Waals surface area (Å²) in [5.74, 6) is -0.623. The number of carbonyl (C=O) groups is 1. The lowest BCUT2D eigenvalue weighted by Gasteiger charge is -2.25. The summed E-state index contributed by atoms with van der Waals surface area (Å²) in [4.78, 5) is 23.3. The fourth-order valence-electron chi connectivity index (χ4n) is 3.28. The number of anilines is 1. The van der Waals surface area contributed by atoms with E-state index >= 15 is 0 Å². The number of sulfonamides is 1. The number of sulfone groups is 1. The molecule has 0 heterocycles. The molecule has 184 valence electrons. The normalized spacial score (nSPS) is 12.5. The quantitative estimate of drug-likeness (QED) is 0.339. The fraction of sp³-hybridized carbons (Fsp3) is 0.174. The molecule has 0 saturated heterocycles. The Hall–Kier alpha value is -3.77. The monoisotopic (exact) mass is 517 g/mol. The summed E-state index contributed by atoms with van der Waals surface area (Å²) in [7, 11) is -7.54. The summed E-state index contributed by atoms with van der Waals surface area (Å²) < 4.78 is 50.8. The van der Waals surface area contributed by atoms with Crippen molar-refractivity contribution in [3.8, 4) is 0 Å². The number of amides is 1. The van der Waals surface area contributed by atoms with Crippen LogP contribution in [0.4, 0.5) is 11.4 Å². The highest BCUT2D eigenvalue weighted by atomic mass is 32.2. The molecule has 3 aromatic rings. The van der Waals surface area contributed by atoms with Crippen LogP contribution in [0, 0.1) is 10.1 Å². The minimum Gasteiger partial charge on any atom is -0.348 e. The lowest BCUT2D eigenvalue weighted by atomic mass is 10.1. The maximum atomic E-state index is 13.3. The number of nitro groups is 1. The van der Waals surface area contributed by atoms with Crippen molar-refractivity contribution >= 4 is 37.1 Å². The van der Waals surface area contributed by atoms with Crippen LogP contribution in [-0.2, 0) is 24.7 Å². The topological polar surface area (TPSA) is 144 Å². The molecule has 3 aromatic carbocycles. The first-order chi connectivity index (χ1) is 16.4. The summed E-state index contributed by atoms with van der Waals surface area (Å²) >= 11 is 0. The Morgan fingerprint density at radius 1 is 0.914 bits per heavy atom. The molecule has 0 aliphatic rings. The standard InChI is InChI=1S/C23H23N3O7S2/c1-17(18-8-14-21(15-9-18)34(2,30)31)24-23(27)16-25(19-10-12-20(13-11-19)26(28)29)35(32,33)22-6-4-3-5-7-22/h3-15,17H,16H2,1-2H3,(H,24,27)/t17-/m0/s1. The van der Waals surface area contributed by atoms with Gasteiger partial charge in [0.2, 0.25) is 5.91 Å². The van der Waals surface area contributed by atoms with Gasteiger partial charge in [-0.05, 0) is 48.9 Å². The van der Waals surface area contributed by atoms with Crippen LogP contribution in [0.5, 0.6) is 0 Å². The summed E-state index contributed by atoms with van der Waals surface area (Å²) in [6.07, 6.45) is 1.09. The van der Waals surface area contributed by atoms with E-state index in [0.717, 1.165) is 22.7 Å². The Balaban J connectivity index is 1.87. The predicted octanol–water partition coefficient (Wildman–Crippen LogP) is 3.07. The van der Waals surface area contributed by atoms with Crippen molar-refractivity contribution < 1.29 is 26.6 Å². The van der Waals surface area contributed by atoms with Crippen LogP contribution >= 0.6 is 0 Å². The molecule has 0 unspecified atom stereocenters. The molecular weight excluding hydrogens is 494 g/mol. The zero-order chi connectivity index (χ0) is 25.8. The maximum absolute atomic E-state index is 13.3. The van der Waals surface area contributed by atoms with Crippen LogP contribution in [0.25, 0.3) is 0 Å². The van der Waals surface area contributed by atoms with Gasteiger partial charge in [0.15, 0.2) is 9.84 Å². The van der Waals surface area contributed by atoms with E-state index in [2.05, 4.69) is 5.32 Å². The van der Waals surface area contributed by atoms with Gasteiger partial charge in [-0.3, -0.25) is 19.2 Å². The van der Waals surface area contributed by atoms with Crippen LogP contribution in [0.2, 0.25) is 0 Å². The number of nitrogens with one attached hydrogen (secondary N) is 1. The van der Waals surface area contributed by atoms with Crippen molar-refractivity contribution in [2.75, 3.05) is 17.1 Å². The van der Waals surface area contributed by atoms with Crippen LogP contribution in [0.1, 0.15) is 18.5 Å². The van der Waals surface area contributed by atoms with E-state index in [0.29, 0.717) is 5.56 Å². The molecule has 1 N–H and O–H groups in total. The molecule has 0 fully saturated rings. The van der Waals surface area contributed by atoms with Gasteiger partial charge in [-0.15, -0.1) is 0 Å². The molecule has 0 radical (unpaired) electrons. The predicted molar refractivity (Wildman–Crippen MR) is 130 cm³/mol. The number of hydrogen-bond acceptors (Lipinski definition) is 7. The lowest BCUT2D eigenvalue weighted by molar-refractivity contribution is -0.384. The Morgan fingerprint density at radius 3 is 2.00 bits per heavy atom. The number of benzene rings is 3. The van der Waals surface area contributed by atoms with Crippen molar-refractivity contribution in [2.45, 2.75) is 22.8 Å². The average Bonchev–Trinajstić information content (AvgIpc) is 2.82. The van der Waals surface area contributed by atoms with Crippen molar-refractivity contribution in [1.82, 2.24) is 5.32 Å². The fourth-order valence-corrected chi connectivity index (χ4v) is 5.35. The number of nitrogens with zero attached hydrogens (tertiary/aromatic N) is 2. The minimum atomic E-state index is -4.17. The first-order valence-electron chi connectivity index (χ1n) is 10.3. The summed E-state index contributed by atoms with van der Waals surface area (Å²) in [5.41, 5.74) is 0.486. The van der Waals surface area contributed by atoms with Crippen molar-refractivity contribution in [3.63, 3.8) is 0 Å². The molecular formula is C23H23N3O7S2. The van der Waals surface area contributed by atoms with Crippen molar-refractivity contribution in [3.05, 3.63) is 94.5 Å². The zero-order valence-electron chi connectivity index (χ0n) is 18.9. The zero-order valence-corrected chi connectivity index (χ0v) is 20.5. The average molecular weight is 518 g/mol. The van der Waals surface area contributed by atoms with Gasteiger partial charge in [0, 0.05) is 18.4 Å². The first kappa shape index (κ1) is 25.8. The van der Waals surface area contributed by atoms with E-state index in [1.165, 1.54) is 36.4 Å². The number of hydrogen-bond donors (Lipinski definition) is 1. The van der Waals surface area contributed by atoms with Gasteiger partial charge in [0.1, 0.15) is 6.54 Å². The van der Waals surface area contributed by atoms with E-state index in [-0.39, 0.29) is 21.2 Å². The van der Waals surface area contributed by atoms with E-state index in [9.17, 15) is 31.7 Å². The molecule has 0 aliphatic heterocycles. The molecule has 3 rings (SSSR count). The van der Waals surface area contributed by atoms with E-state index in [4.69, 9.17) is 0 Å². The van der Waals surface area contributed by atoms with Crippen LogP contribution in [-0.4, -0.2) is 40.5 Å².